The van der Waals surface area contributed by atoms with Crippen LogP contribution in [0, 0.1) is 0 Å². The second kappa shape index (κ2) is 5.29. The van der Waals surface area contributed by atoms with E-state index in [1.165, 1.54) is 4.68 Å². The van der Waals surface area contributed by atoms with Crippen molar-refractivity contribution >= 4 is 33.5 Å². The largest absolute Gasteiger partial charge is 0.312 e. The van der Waals surface area contributed by atoms with Gasteiger partial charge in [0.05, 0.1) is 0 Å². The van der Waals surface area contributed by atoms with Crippen molar-refractivity contribution < 1.29 is 4.79 Å². The summed E-state index contributed by atoms with van der Waals surface area (Å²) in [6, 6.07) is 0.271. The van der Waals surface area contributed by atoms with Gasteiger partial charge in [-0.05, 0) is 15.9 Å². The van der Waals surface area contributed by atoms with E-state index < -0.39 is 0 Å². The quantitative estimate of drug-likeness (QED) is 0.839. The molecule has 2 heterocycles. The molecule has 1 N–H and O–H groups in total. The Labute approximate surface area is 106 Å². The number of aryl methyl sites for hydroxylation is 1. The van der Waals surface area contributed by atoms with E-state index in [2.05, 4.69) is 31.6 Å². The van der Waals surface area contributed by atoms with Crippen LogP contribution in [0.4, 0.5) is 0 Å². The third-order valence-electron chi connectivity index (χ3n) is 2.48. The highest BCUT2D eigenvalue weighted by Crippen LogP contribution is 2.17. The molecule has 0 amide bonds. The summed E-state index contributed by atoms with van der Waals surface area (Å²) in [5.74, 6) is 2.20. The first-order valence-corrected chi connectivity index (χ1v) is 7.02. The maximum Gasteiger partial charge on any atom is 0.185 e. The van der Waals surface area contributed by atoms with Crippen molar-refractivity contribution in [3.8, 4) is 0 Å². The molecule has 0 bridgehead atoms. The summed E-state index contributed by atoms with van der Waals surface area (Å²) in [5.41, 5.74) is 0.553. The highest BCUT2D eigenvalue weighted by molar-refractivity contribution is 9.10. The lowest BCUT2D eigenvalue weighted by molar-refractivity contribution is 0.0962. The molecule has 0 aromatic carbocycles. The van der Waals surface area contributed by atoms with Crippen LogP contribution >= 0.6 is 27.7 Å². The summed E-state index contributed by atoms with van der Waals surface area (Å²) in [5, 5.41) is 11.0. The van der Waals surface area contributed by atoms with Gasteiger partial charge in [0.15, 0.2) is 10.4 Å². The van der Waals surface area contributed by atoms with Crippen LogP contribution in [0.2, 0.25) is 0 Å². The average Bonchev–Trinajstić information content (AvgIpc) is 2.60. The van der Waals surface area contributed by atoms with Crippen LogP contribution < -0.4 is 5.32 Å². The monoisotopic (exact) mass is 304 g/mol. The number of thioether (sulfide) groups is 1. The lowest BCUT2D eigenvalue weighted by atomic mass is 10.1. The summed E-state index contributed by atoms with van der Waals surface area (Å²) in [6.07, 6.45) is 0.507. The first-order valence-electron chi connectivity index (χ1n) is 5.08. The highest BCUT2D eigenvalue weighted by atomic mass is 79.9. The predicted molar refractivity (Wildman–Crippen MR) is 66.8 cm³/mol. The van der Waals surface area contributed by atoms with Crippen molar-refractivity contribution in [1.82, 2.24) is 20.3 Å². The van der Waals surface area contributed by atoms with E-state index in [9.17, 15) is 4.79 Å². The Hall–Kier alpha value is -0.400. The fraction of sp³-hybridized carbons (Fsp3) is 0.667. The van der Waals surface area contributed by atoms with Gasteiger partial charge in [-0.25, -0.2) is 4.68 Å². The number of hydrogen-bond donors (Lipinski definition) is 1. The third-order valence-corrected chi connectivity index (χ3v) is 4.15. The van der Waals surface area contributed by atoms with Gasteiger partial charge in [-0.15, -0.1) is 5.10 Å². The summed E-state index contributed by atoms with van der Waals surface area (Å²) in [6.45, 7) is 0.980. The Morgan fingerprint density at radius 3 is 3.12 bits per heavy atom. The molecule has 1 aliphatic heterocycles. The van der Waals surface area contributed by atoms with Crippen LogP contribution in [-0.4, -0.2) is 44.9 Å². The fourth-order valence-electron chi connectivity index (χ4n) is 1.70. The second-order valence-electron chi connectivity index (χ2n) is 3.71. The normalized spacial score (nSPS) is 21.0. The van der Waals surface area contributed by atoms with Crippen molar-refractivity contribution in [2.75, 3.05) is 18.1 Å². The van der Waals surface area contributed by atoms with E-state index in [1.54, 1.807) is 7.05 Å². The number of hydrogen-bond acceptors (Lipinski definition) is 5. The van der Waals surface area contributed by atoms with E-state index in [-0.39, 0.29) is 11.8 Å². The number of carbonyl (C=O) groups is 1. The van der Waals surface area contributed by atoms with E-state index in [0.717, 1.165) is 18.1 Å². The Bertz CT molecular complexity index is 369. The summed E-state index contributed by atoms with van der Waals surface area (Å²) >= 11 is 5.13. The molecule has 1 aliphatic rings. The van der Waals surface area contributed by atoms with Gasteiger partial charge in [0, 0.05) is 37.6 Å². The van der Waals surface area contributed by atoms with Gasteiger partial charge in [-0.1, -0.05) is 5.21 Å². The Morgan fingerprint density at radius 1 is 1.75 bits per heavy atom. The number of nitrogens with one attached hydrogen (secondary N) is 1. The molecule has 16 heavy (non-hydrogen) atoms. The minimum Gasteiger partial charge on any atom is -0.312 e. The molecular formula is C9H13BrN4OS. The van der Waals surface area contributed by atoms with Crippen molar-refractivity contribution in [3.63, 3.8) is 0 Å². The lowest BCUT2D eigenvalue weighted by Gasteiger charge is -2.22. The summed E-state index contributed by atoms with van der Waals surface area (Å²) < 4.78 is 2.05. The van der Waals surface area contributed by atoms with Crippen LogP contribution in [0.1, 0.15) is 16.9 Å². The minimum absolute atomic E-state index is 0.0828. The molecule has 0 spiro atoms. The van der Waals surface area contributed by atoms with Gasteiger partial charge in [0.1, 0.15) is 5.69 Å². The van der Waals surface area contributed by atoms with Crippen molar-refractivity contribution in [2.45, 2.75) is 12.5 Å². The van der Waals surface area contributed by atoms with E-state index >= 15 is 0 Å². The summed E-state index contributed by atoms with van der Waals surface area (Å²) in [7, 11) is 1.73. The number of Topliss-reactive ketones (excluding diaryl/α,β-unsaturated/α-hetero) is 1. The molecular weight excluding hydrogens is 292 g/mol. The number of ketones is 1. The zero-order valence-electron chi connectivity index (χ0n) is 8.94. The van der Waals surface area contributed by atoms with Crippen molar-refractivity contribution in [1.29, 1.82) is 0 Å². The molecule has 2 rings (SSSR count). The molecule has 1 aromatic rings. The zero-order chi connectivity index (χ0) is 11.5. The molecule has 1 saturated heterocycles. The molecule has 0 aliphatic carbocycles. The minimum atomic E-state index is 0.0828. The van der Waals surface area contributed by atoms with E-state index in [4.69, 9.17) is 0 Å². The third kappa shape index (κ3) is 2.64. The molecule has 0 saturated carbocycles. The van der Waals surface area contributed by atoms with Crippen molar-refractivity contribution in [3.05, 3.63) is 10.3 Å². The maximum atomic E-state index is 12.0. The first-order chi connectivity index (χ1) is 7.68. The maximum absolute atomic E-state index is 12.0. The van der Waals surface area contributed by atoms with Crippen LogP contribution in [0.5, 0.6) is 0 Å². The standard InChI is InChI=1S/C9H13BrN4OS/c1-14-8(9(10)12-13-14)7(15)4-6-5-16-3-2-11-6/h6,11H,2-5H2,1H3. The van der Waals surface area contributed by atoms with Crippen LogP contribution in [-0.2, 0) is 7.05 Å². The van der Waals surface area contributed by atoms with Gasteiger partial charge >= 0.3 is 0 Å². The summed E-state index contributed by atoms with van der Waals surface area (Å²) in [4.78, 5) is 12.0. The molecule has 1 aromatic heterocycles. The van der Waals surface area contributed by atoms with Gasteiger partial charge in [-0.2, -0.15) is 11.8 Å². The molecule has 1 fully saturated rings. The van der Waals surface area contributed by atoms with E-state index in [1.807, 2.05) is 11.8 Å². The van der Waals surface area contributed by atoms with Gasteiger partial charge in [0.2, 0.25) is 0 Å². The smallest absolute Gasteiger partial charge is 0.185 e. The lowest BCUT2D eigenvalue weighted by Crippen LogP contribution is -2.39. The van der Waals surface area contributed by atoms with Crippen LogP contribution in [0.3, 0.4) is 0 Å². The van der Waals surface area contributed by atoms with Crippen molar-refractivity contribution in [2.24, 2.45) is 7.05 Å². The number of rotatable bonds is 3. The van der Waals surface area contributed by atoms with Crippen LogP contribution in [0.15, 0.2) is 4.60 Å². The highest BCUT2D eigenvalue weighted by Gasteiger charge is 2.22. The number of aromatic nitrogens is 3. The van der Waals surface area contributed by atoms with E-state index in [0.29, 0.717) is 16.7 Å². The SMILES string of the molecule is Cn1nnc(Br)c1C(=O)CC1CSCCN1. The fourth-order valence-corrected chi connectivity index (χ4v) is 3.20. The van der Waals surface area contributed by atoms with Gasteiger partial charge in [0.25, 0.3) is 0 Å². The molecule has 0 radical (unpaired) electrons. The Kier molecular flexibility index (Phi) is 3.99. The topological polar surface area (TPSA) is 59.8 Å². The first kappa shape index (κ1) is 12.1. The van der Waals surface area contributed by atoms with Gasteiger partial charge in [-0.3, -0.25) is 4.79 Å². The number of nitrogens with zero attached hydrogens (tertiary/aromatic N) is 3. The molecule has 1 atom stereocenters. The van der Waals surface area contributed by atoms with Gasteiger partial charge < -0.3 is 5.32 Å². The molecule has 88 valence electrons. The molecule has 1 unspecified atom stereocenters. The Balaban J connectivity index is 2.02. The number of carbonyl (C=O) groups excluding carboxylic acids is 1. The average molecular weight is 305 g/mol. The number of halogens is 1. The second-order valence-corrected chi connectivity index (χ2v) is 5.61. The zero-order valence-corrected chi connectivity index (χ0v) is 11.3. The Morgan fingerprint density at radius 2 is 2.56 bits per heavy atom. The van der Waals surface area contributed by atoms with Crippen LogP contribution in [0.25, 0.3) is 0 Å². The molecule has 5 nitrogen and oxygen atoms in total. The predicted octanol–water partition coefficient (Wildman–Crippen LogP) is 0.855. The molecule has 7 heteroatoms.